The van der Waals surface area contributed by atoms with Gasteiger partial charge in [0.2, 0.25) is 21.6 Å². The minimum absolute atomic E-state index is 0.0764. The molecular weight excluding hydrogens is 907 g/mol. The molecule has 0 unspecified atom stereocenters. The van der Waals surface area contributed by atoms with E-state index in [9.17, 15) is 26.2 Å². The average Bonchev–Trinajstić information content (AvgIpc) is 3.90. The smallest absolute Gasteiger partial charge is 0.264 e. The normalized spacial score (nSPS) is 23.7. The number of quaternary nitrogens is 2. The van der Waals surface area contributed by atoms with Gasteiger partial charge >= 0.3 is 0 Å². The Morgan fingerprint density at radius 3 is 2.29 bits per heavy atom. The van der Waals surface area contributed by atoms with Crippen LogP contribution in [0.4, 0.5) is 17.1 Å². The molecule has 5 heterocycles. The number of sulfonamides is 1. The molecule has 13 nitrogen and oxygen atoms in total. The summed E-state index contributed by atoms with van der Waals surface area (Å²) in [6.45, 7) is 22.5. The van der Waals surface area contributed by atoms with Crippen LogP contribution in [-0.2, 0) is 42.2 Å². The summed E-state index contributed by atoms with van der Waals surface area (Å²) in [7, 11) is -1.83. The maximum Gasteiger partial charge on any atom is 0.264 e. The van der Waals surface area contributed by atoms with Crippen LogP contribution in [0.1, 0.15) is 76.5 Å². The highest BCUT2D eigenvalue weighted by Gasteiger charge is 2.47. The van der Waals surface area contributed by atoms with Gasteiger partial charge in [-0.3, -0.25) is 9.35 Å². The van der Waals surface area contributed by atoms with Crippen molar-refractivity contribution in [2.75, 3.05) is 103 Å². The topological polar surface area (TPSA) is 139 Å². The van der Waals surface area contributed by atoms with Gasteiger partial charge < -0.3 is 24.5 Å². The number of nitrogens with one attached hydrogen (secondary N) is 2. The van der Waals surface area contributed by atoms with E-state index >= 15 is 0 Å². The van der Waals surface area contributed by atoms with Gasteiger partial charge in [-0.15, -0.1) is 0 Å². The number of likely N-dealkylation sites (N-methyl/N-ethyl adjacent to an activating group) is 1. The Morgan fingerprint density at radius 2 is 1.59 bits per heavy atom. The van der Waals surface area contributed by atoms with Crippen LogP contribution in [0.2, 0.25) is 0 Å². The Morgan fingerprint density at radius 1 is 0.899 bits per heavy atom. The van der Waals surface area contributed by atoms with E-state index < -0.39 is 25.6 Å². The largest absolute Gasteiger partial charge is 0.380 e. The summed E-state index contributed by atoms with van der Waals surface area (Å²) >= 11 is 0. The SMILES string of the molecule is C=C(CCCN(C)S(=O)(=O)c1ccc2c(c1)C(C)(C)C(C=C1C=C(C=C3N(CCCS(=O)(=O)O)c4ccccc4C3(C)C)CC1)=[N+]2C)NCC(=O)Nc1ccc(CC[N+]23CC[N+](C)(CC2)CC3)cc1. The summed E-state index contributed by atoms with van der Waals surface area (Å²) < 4.78 is 66.6. The third-order valence-electron chi connectivity index (χ3n) is 15.9. The summed E-state index contributed by atoms with van der Waals surface area (Å²) in [6.07, 6.45) is 10.8. The van der Waals surface area contributed by atoms with E-state index in [4.69, 9.17) is 0 Å². The maximum atomic E-state index is 14.0. The lowest BCUT2D eigenvalue weighted by Crippen LogP contribution is -2.73. The average molecular weight is 981 g/mol. The van der Waals surface area contributed by atoms with Gasteiger partial charge in [-0.25, -0.2) is 12.7 Å². The van der Waals surface area contributed by atoms with Crippen molar-refractivity contribution in [1.29, 1.82) is 0 Å². The Labute approximate surface area is 411 Å². The molecular formula is C54H74N7O6S2+3. The van der Waals surface area contributed by atoms with Crippen molar-refractivity contribution in [3.63, 3.8) is 0 Å². The molecule has 15 heteroatoms. The van der Waals surface area contributed by atoms with Crippen LogP contribution in [-0.4, -0.2) is 143 Å². The number of hydrogen-bond donors (Lipinski definition) is 3. The predicted octanol–water partition coefficient (Wildman–Crippen LogP) is 7.27. The molecule has 2 bridgehead atoms. The fraction of sp³-hybridized carbons (Fsp3) is 0.481. The van der Waals surface area contributed by atoms with E-state index in [0.29, 0.717) is 38.0 Å². The number of piperazine rings is 3. The van der Waals surface area contributed by atoms with Crippen molar-refractivity contribution in [2.45, 2.75) is 81.9 Å². The summed E-state index contributed by atoms with van der Waals surface area (Å²) in [6, 6.07) is 21.9. The first-order valence-corrected chi connectivity index (χ1v) is 27.7. The van der Waals surface area contributed by atoms with Crippen LogP contribution in [0, 0.1) is 0 Å². The van der Waals surface area contributed by atoms with E-state index in [-0.39, 0.29) is 28.5 Å². The minimum atomic E-state index is -4.07. The number of amides is 1. The van der Waals surface area contributed by atoms with Crippen molar-refractivity contribution < 1.29 is 39.7 Å². The van der Waals surface area contributed by atoms with E-state index in [2.05, 4.69) is 104 Å². The molecule has 6 aliphatic rings. The van der Waals surface area contributed by atoms with E-state index in [1.165, 1.54) is 81.4 Å². The Kier molecular flexibility index (Phi) is 14.2. The van der Waals surface area contributed by atoms with Crippen molar-refractivity contribution in [1.82, 2.24) is 9.62 Å². The fourth-order valence-corrected chi connectivity index (χ4v) is 13.0. The number of allylic oxidation sites excluding steroid dienone is 7. The van der Waals surface area contributed by atoms with Crippen LogP contribution in [0.5, 0.6) is 0 Å². The molecule has 3 saturated heterocycles. The van der Waals surface area contributed by atoms with Gasteiger partial charge in [0.05, 0.1) is 36.2 Å². The number of rotatable bonds is 19. The minimum Gasteiger partial charge on any atom is -0.380 e. The Hall–Kier alpha value is -4.90. The molecule has 1 amide bonds. The molecule has 0 radical (unpaired) electrons. The second-order valence-corrected chi connectivity index (χ2v) is 25.2. The van der Waals surface area contributed by atoms with Crippen LogP contribution in [0.15, 0.2) is 119 Å². The standard InChI is InChI=1S/C54H72N7O6S2/c1-40(55-39-52(62)56-44-20-18-41(19-21-44)24-27-61-31-28-60(8,29-32-61)30-33-61)13-11-25-57(6)69(66,67)45-22-23-48-47(38-45)54(4,5)50(58(48)7)36-42-16-17-43(35-42)37-51-53(2,3)46-14-9-10-15-49(46)59(51)26-12-34-68(63,64)65/h9-10,14-15,18-23,35-38,55H,1,11-13,16-17,24-34,39H2,2-8H3/q+1/p+2. The number of para-hydroxylation sites is 1. The Balaban J connectivity index is 0.830. The molecule has 1 aliphatic carbocycles. The molecule has 370 valence electrons. The number of nitrogens with zero attached hydrogens (tertiary/aromatic N) is 5. The fourth-order valence-electron chi connectivity index (χ4n) is 11.2. The van der Waals surface area contributed by atoms with Gasteiger partial charge in [0.1, 0.15) is 46.3 Å². The lowest BCUT2D eigenvalue weighted by Gasteiger charge is -2.54. The molecule has 0 saturated carbocycles. The quantitative estimate of drug-likeness (QED) is 0.0648. The zero-order valence-corrected chi connectivity index (χ0v) is 43.5. The highest BCUT2D eigenvalue weighted by Crippen LogP contribution is 2.49. The second-order valence-electron chi connectivity index (χ2n) is 21.6. The van der Waals surface area contributed by atoms with Gasteiger partial charge in [-0.1, -0.05) is 56.8 Å². The highest BCUT2D eigenvalue weighted by atomic mass is 32.2. The Bertz CT molecular complexity index is 2840. The first-order chi connectivity index (χ1) is 32.5. The number of benzene rings is 3. The van der Waals surface area contributed by atoms with Crippen molar-refractivity contribution >= 4 is 48.8 Å². The number of fused-ring (bicyclic) bond motifs is 5. The molecule has 0 aromatic heterocycles. The van der Waals surface area contributed by atoms with E-state index in [0.717, 1.165) is 53.3 Å². The first-order valence-electron chi connectivity index (χ1n) is 24.7. The molecule has 3 aromatic carbocycles. The van der Waals surface area contributed by atoms with Gasteiger partial charge in [-0.05, 0) is 105 Å². The molecule has 3 fully saturated rings. The highest BCUT2D eigenvalue weighted by molar-refractivity contribution is 7.89. The lowest BCUT2D eigenvalue weighted by molar-refractivity contribution is -1.07. The van der Waals surface area contributed by atoms with Crippen molar-refractivity contribution in [3.05, 3.63) is 131 Å². The van der Waals surface area contributed by atoms with Crippen LogP contribution in [0.3, 0.4) is 0 Å². The van der Waals surface area contributed by atoms with Gasteiger partial charge in [0.15, 0.2) is 5.71 Å². The van der Waals surface area contributed by atoms with Gasteiger partial charge in [-0.2, -0.15) is 13.0 Å². The predicted molar refractivity (Wildman–Crippen MR) is 277 cm³/mol. The van der Waals surface area contributed by atoms with Gasteiger partial charge in [0.25, 0.3) is 10.1 Å². The number of carbonyl (C=O) groups excluding carboxylic acids is 1. The third-order valence-corrected chi connectivity index (χ3v) is 18.6. The van der Waals surface area contributed by atoms with Crippen molar-refractivity contribution in [3.8, 4) is 0 Å². The molecule has 0 atom stereocenters. The summed E-state index contributed by atoms with van der Waals surface area (Å²) in [5.41, 5.74) is 10.7. The third kappa shape index (κ3) is 10.9. The summed E-state index contributed by atoms with van der Waals surface area (Å²) in [4.78, 5) is 15.3. The monoisotopic (exact) mass is 981 g/mol. The molecule has 0 spiro atoms. The molecule has 3 aromatic rings. The first kappa shape index (κ1) is 50.5. The molecule has 5 aliphatic heterocycles. The van der Waals surface area contributed by atoms with E-state index in [1.807, 2.05) is 43.4 Å². The summed E-state index contributed by atoms with van der Waals surface area (Å²) in [5.74, 6) is -0.455. The van der Waals surface area contributed by atoms with E-state index in [1.54, 1.807) is 13.1 Å². The zero-order chi connectivity index (χ0) is 49.6. The van der Waals surface area contributed by atoms with Crippen LogP contribution in [0.25, 0.3) is 0 Å². The van der Waals surface area contributed by atoms with Gasteiger partial charge in [0, 0.05) is 72.4 Å². The molecule has 3 N–H and O–H groups in total. The van der Waals surface area contributed by atoms with Crippen LogP contribution >= 0.6 is 0 Å². The molecule has 69 heavy (non-hydrogen) atoms. The maximum absolute atomic E-state index is 14.0. The summed E-state index contributed by atoms with van der Waals surface area (Å²) in [5, 5.41) is 6.10. The van der Waals surface area contributed by atoms with Crippen molar-refractivity contribution in [2.24, 2.45) is 0 Å². The van der Waals surface area contributed by atoms with Crippen LogP contribution < -0.4 is 15.5 Å². The second kappa shape index (κ2) is 19.4. The number of carbonyl (C=O) groups is 1. The number of hydrogen-bond acceptors (Lipinski definition) is 7. The molecule has 9 rings (SSSR count). The zero-order valence-electron chi connectivity index (χ0n) is 41.9. The number of anilines is 2. The lowest BCUT2D eigenvalue weighted by atomic mass is 9.81.